The van der Waals surface area contributed by atoms with E-state index in [1.165, 1.54) is 21.6 Å². The predicted molar refractivity (Wildman–Crippen MR) is 80.6 cm³/mol. The minimum atomic E-state index is -0.563. The molecule has 0 atom stereocenters. The number of imidazole rings is 1. The molecule has 0 unspecified atom stereocenters. The summed E-state index contributed by atoms with van der Waals surface area (Å²) in [6.45, 7) is -0.0401. The molecule has 0 N–H and O–H groups in total. The highest BCUT2D eigenvalue weighted by molar-refractivity contribution is 7.12. The van der Waals surface area contributed by atoms with Crippen LogP contribution in [-0.4, -0.2) is 33.5 Å². The Balaban J connectivity index is 2.25. The SMILES string of the molecule is COC(=O)c1csc(-n2c(=O)n(CC=O)c3ccccc32)n1. The van der Waals surface area contributed by atoms with Crippen molar-refractivity contribution in [2.75, 3.05) is 7.11 Å². The van der Waals surface area contributed by atoms with Crippen molar-refractivity contribution in [2.24, 2.45) is 0 Å². The van der Waals surface area contributed by atoms with Crippen LogP contribution in [0.15, 0.2) is 34.4 Å². The van der Waals surface area contributed by atoms with Crippen LogP contribution in [0.25, 0.3) is 16.2 Å². The largest absolute Gasteiger partial charge is 0.464 e. The first-order valence-corrected chi connectivity index (χ1v) is 7.23. The number of rotatable bonds is 4. The molecule has 7 nitrogen and oxygen atoms in total. The lowest BCUT2D eigenvalue weighted by atomic mass is 10.3. The molecule has 0 bridgehead atoms. The molecule has 2 heterocycles. The van der Waals surface area contributed by atoms with Crippen LogP contribution in [0.2, 0.25) is 0 Å². The van der Waals surface area contributed by atoms with Gasteiger partial charge in [0.1, 0.15) is 6.29 Å². The quantitative estimate of drug-likeness (QED) is 0.534. The average Bonchev–Trinajstić information content (AvgIpc) is 3.11. The Morgan fingerprint density at radius 3 is 2.77 bits per heavy atom. The van der Waals surface area contributed by atoms with E-state index < -0.39 is 5.97 Å². The van der Waals surface area contributed by atoms with Crippen LogP contribution in [0.5, 0.6) is 0 Å². The smallest absolute Gasteiger partial charge is 0.357 e. The molecule has 0 fully saturated rings. The maximum absolute atomic E-state index is 12.5. The second-order valence-electron chi connectivity index (χ2n) is 4.39. The summed E-state index contributed by atoms with van der Waals surface area (Å²) in [5, 5.41) is 1.88. The van der Waals surface area contributed by atoms with Crippen LogP contribution in [0.4, 0.5) is 0 Å². The fourth-order valence-electron chi connectivity index (χ4n) is 2.21. The van der Waals surface area contributed by atoms with Gasteiger partial charge >= 0.3 is 11.7 Å². The summed E-state index contributed by atoms with van der Waals surface area (Å²) in [6, 6.07) is 7.09. The van der Waals surface area contributed by atoms with Crippen LogP contribution in [-0.2, 0) is 16.1 Å². The van der Waals surface area contributed by atoms with Gasteiger partial charge in [-0.2, -0.15) is 0 Å². The van der Waals surface area contributed by atoms with Gasteiger partial charge in [-0.05, 0) is 12.1 Å². The second-order valence-corrected chi connectivity index (χ2v) is 5.23. The third-order valence-electron chi connectivity index (χ3n) is 3.17. The number of aldehydes is 1. The fourth-order valence-corrected chi connectivity index (χ4v) is 3.01. The van der Waals surface area contributed by atoms with Crippen molar-refractivity contribution < 1.29 is 14.3 Å². The molecule has 0 radical (unpaired) electrons. The first kappa shape index (κ1) is 14.2. The summed E-state index contributed by atoms with van der Waals surface area (Å²) in [6.07, 6.45) is 0.667. The van der Waals surface area contributed by atoms with E-state index in [2.05, 4.69) is 9.72 Å². The Bertz CT molecular complexity index is 922. The topological polar surface area (TPSA) is 83.2 Å². The number of fused-ring (bicyclic) bond motifs is 1. The Labute approximate surface area is 128 Å². The Morgan fingerprint density at radius 2 is 2.09 bits per heavy atom. The van der Waals surface area contributed by atoms with E-state index in [4.69, 9.17) is 0 Å². The van der Waals surface area contributed by atoms with Crippen molar-refractivity contribution in [1.82, 2.24) is 14.1 Å². The van der Waals surface area contributed by atoms with Gasteiger partial charge in [-0.25, -0.2) is 19.1 Å². The lowest BCUT2D eigenvalue weighted by Gasteiger charge is -1.97. The molecule has 2 aromatic heterocycles. The molecular formula is C14H11N3O4S. The summed E-state index contributed by atoms with van der Waals surface area (Å²) >= 11 is 1.16. The van der Waals surface area contributed by atoms with E-state index in [-0.39, 0.29) is 17.9 Å². The van der Waals surface area contributed by atoms with E-state index >= 15 is 0 Å². The number of nitrogens with zero attached hydrogens (tertiary/aromatic N) is 3. The Morgan fingerprint density at radius 1 is 1.36 bits per heavy atom. The van der Waals surface area contributed by atoms with Crippen LogP contribution in [0.3, 0.4) is 0 Å². The highest BCUT2D eigenvalue weighted by Gasteiger charge is 2.18. The zero-order chi connectivity index (χ0) is 15.7. The van der Waals surface area contributed by atoms with E-state index in [9.17, 15) is 14.4 Å². The number of methoxy groups -OCH3 is 1. The van der Waals surface area contributed by atoms with Gasteiger partial charge in [-0.3, -0.25) is 4.57 Å². The number of aromatic nitrogens is 3. The molecule has 112 valence electrons. The standard InChI is InChI=1S/C14H11N3O4S/c1-21-12(19)9-8-22-13(15-9)17-11-5-3-2-4-10(11)16(6-7-18)14(17)20/h2-5,7-8H,6H2,1H3. The molecule has 22 heavy (non-hydrogen) atoms. The molecule has 1 aromatic carbocycles. The van der Waals surface area contributed by atoms with Gasteiger partial charge in [0.05, 0.1) is 24.7 Å². The molecule has 0 saturated carbocycles. The molecule has 0 aliphatic heterocycles. The van der Waals surface area contributed by atoms with Crippen molar-refractivity contribution in [2.45, 2.75) is 6.54 Å². The van der Waals surface area contributed by atoms with Gasteiger partial charge in [0.2, 0.25) is 0 Å². The predicted octanol–water partition coefficient (Wildman–Crippen LogP) is 1.23. The summed E-state index contributed by atoms with van der Waals surface area (Å²) < 4.78 is 7.36. The van der Waals surface area contributed by atoms with E-state index in [1.807, 2.05) is 0 Å². The number of carbonyl (C=O) groups is 2. The van der Waals surface area contributed by atoms with Crippen molar-refractivity contribution >= 4 is 34.6 Å². The molecule has 0 spiro atoms. The summed E-state index contributed by atoms with van der Waals surface area (Å²) in [5.41, 5.74) is 1.02. The van der Waals surface area contributed by atoms with E-state index in [0.717, 1.165) is 11.3 Å². The minimum Gasteiger partial charge on any atom is -0.464 e. The highest BCUT2D eigenvalue weighted by Crippen LogP contribution is 2.20. The zero-order valence-corrected chi connectivity index (χ0v) is 12.4. The maximum Gasteiger partial charge on any atom is 0.357 e. The van der Waals surface area contributed by atoms with Crippen molar-refractivity contribution in [3.05, 3.63) is 45.8 Å². The van der Waals surface area contributed by atoms with Gasteiger partial charge in [0.15, 0.2) is 10.8 Å². The fraction of sp³-hybridized carbons (Fsp3) is 0.143. The highest BCUT2D eigenvalue weighted by atomic mass is 32.1. The third-order valence-corrected chi connectivity index (χ3v) is 4.00. The zero-order valence-electron chi connectivity index (χ0n) is 11.6. The number of hydrogen-bond donors (Lipinski definition) is 0. The van der Waals surface area contributed by atoms with Crippen LogP contribution < -0.4 is 5.69 Å². The van der Waals surface area contributed by atoms with Gasteiger partial charge in [-0.15, -0.1) is 11.3 Å². The summed E-state index contributed by atoms with van der Waals surface area (Å²) in [7, 11) is 1.27. The van der Waals surface area contributed by atoms with Gasteiger partial charge in [0, 0.05) is 5.38 Å². The van der Waals surface area contributed by atoms with Gasteiger partial charge in [0.25, 0.3) is 0 Å². The molecule has 0 aliphatic rings. The maximum atomic E-state index is 12.5. The molecule has 3 aromatic rings. The Hall–Kier alpha value is -2.74. The molecule has 0 amide bonds. The van der Waals surface area contributed by atoms with Crippen molar-refractivity contribution in [3.8, 4) is 5.13 Å². The summed E-state index contributed by atoms with van der Waals surface area (Å²) in [5.74, 6) is -0.563. The Kier molecular flexibility index (Phi) is 3.60. The normalized spacial score (nSPS) is 10.8. The number of esters is 1. The average molecular weight is 317 g/mol. The third kappa shape index (κ3) is 2.13. The van der Waals surface area contributed by atoms with Crippen LogP contribution in [0, 0.1) is 0 Å². The van der Waals surface area contributed by atoms with Gasteiger partial charge in [-0.1, -0.05) is 12.1 Å². The number of para-hydroxylation sites is 2. The molecule has 8 heteroatoms. The number of benzene rings is 1. The van der Waals surface area contributed by atoms with E-state index in [1.54, 1.807) is 24.3 Å². The molecule has 3 rings (SSSR count). The second kappa shape index (κ2) is 5.57. The monoisotopic (exact) mass is 317 g/mol. The summed E-state index contributed by atoms with van der Waals surface area (Å²) in [4.78, 5) is 39.0. The molecule has 0 saturated heterocycles. The number of ether oxygens (including phenoxy) is 1. The molecule has 0 aliphatic carbocycles. The number of thiazole rings is 1. The van der Waals surface area contributed by atoms with Crippen molar-refractivity contribution in [3.63, 3.8) is 0 Å². The van der Waals surface area contributed by atoms with Gasteiger partial charge < -0.3 is 9.53 Å². The molecular weight excluding hydrogens is 306 g/mol. The number of hydrogen-bond acceptors (Lipinski definition) is 6. The van der Waals surface area contributed by atoms with Crippen molar-refractivity contribution in [1.29, 1.82) is 0 Å². The van der Waals surface area contributed by atoms with E-state index in [0.29, 0.717) is 22.5 Å². The van der Waals surface area contributed by atoms with Crippen LogP contribution in [0.1, 0.15) is 10.5 Å². The minimum absolute atomic E-state index is 0.0401. The first-order chi connectivity index (χ1) is 10.7. The lowest BCUT2D eigenvalue weighted by Crippen LogP contribution is -2.23. The lowest BCUT2D eigenvalue weighted by molar-refractivity contribution is -0.108. The van der Waals surface area contributed by atoms with Crippen LogP contribution >= 0.6 is 11.3 Å². The first-order valence-electron chi connectivity index (χ1n) is 6.35. The number of carbonyl (C=O) groups excluding carboxylic acids is 2.